The van der Waals surface area contributed by atoms with Gasteiger partial charge in [-0.1, -0.05) is 0 Å². The summed E-state index contributed by atoms with van der Waals surface area (Å²) in [6, 6.07) is 9.08. The Labute approximate surface area is 164 Å². The number of nitrogens with one attached hydrogen (secondary N) is 2. The van der Waals surface area contributed by atoms with Crippen LogP contribution in [0.3, 0.4) is 0 Å². The van der Waals surface area contributed by atoms with Crippen molar-refractivity contribution in [3.05, 3.63) is 70.4 Å². The van der Waals surface area contributed by atoms with E-state index in [-0.39, 0.29) is 17.2 Å². The van der Waals surface area contributed by atoms with E-state index in [1.54, 1.807) is 42.2 Å². The van der Waals surface area contributed by atoms with Crippen molar-refractivity contribution < 1.29 is 4.79 Å². The smallest absolute Gasteiger partial charge is 0.263 e. The number of hydrogen-bond donors (Lipinski definition) is 2. The van der Waals surface area contributed by atoms with E-state index in [9.17, 15) is 9.59 Å². The lowest BCUT2D eigenvalue weighted by molar-refractivity contribution is 0.102. The van der Waals surface area contributed by atoms with Gasteiger partial charge in [-0.15, -0.1) is 0 Å². The van der Waals surface area contributed by atoms with Gasteiger partial charge in [-0.2, -0.15) is 0 Å². The average Bonchev–Trinajstić information content (AvgIpc) is 3.16. The number of benzene rings is 1. The normalized spacial score (nSPS) is 12.2. The molecule has 0 aliphatic carbocycles. The number of aromatic amines is 1. The molecular weight excluding hydrogens is 354 g/mol. The van der Waals surface area contributed by atoms with Gasteiger partial charge in [0.05, 0.1) is 0 Å². The van der Waals surface area contributed by atoms with E-state index in [0.717, 1.165) is 11.4 Å². The highest BCUT2D eigenvalue weighted by Gasteiger charge is 2.18. The van der Waals surface area contributed by atoms with Crippen molar-refractivity contribution in [1.82, 2.24) is 19.4 Å². The van der Waals surface area contributed by atoms with Crippen LogP contribution in [-0.4, -0.2) is 46.0 Å². The van der Waals surface area contributed by atoms with Crippen LogP contribution in [0.2, 0.25) is 0 Å². The molecule has 2 aromatic heterocycles. The van der Waals surface area contributed by atoms with Crippen LogP contribution in [0.15, 0.2) is 53.7 Å². The fraction of sp³-hybridized carbons (Fsp3) is 0.286. The van der Waals surface area contributed by atoms with Gasteiger partial charge in [0.25, 0.3) is 11.5 Å². The fourth-order valence-corrected chi connectivity index (χ4v) is 3.21. The van der Waals surface area contributed by atoms with Crippen molar-refractivity contribution in [2.45, 2.75) is 19.9 Å². The molecule has 7 nitrogen and oxygen atoms in total. The Morgan fingerprint density at radius 2 is 1.96 bits per heavy atom. The Morgan fingerprint density at radius 1 is 1.25 bits per heavy atom. The van der Waals surface area contributed by atoms with Crippen LogP contribution in [-0.2, 0) is 0 Å². The number of nitrogens with zero attached hydrogens (tertiary/aromatic N) is 3. The number of likely N-dealkylation sites (N-methyl/N-ethyl adjacent to an activating group) is 1. The minimum absolute atomic E-state index is 0.0396. The predicted octanol–water partition coefficient (Wildman–Crippen LogP) is 2.92. The zero-order chi connectivity index (χ0) is 20.3. The number of rotatable bonds is 6. The molecule has 0 radical (unpaired) electrons. The number of anilines is 1. The Morgan fingerprint density at radius 3 is 2.57 bits per heavy atom. The molecule has 0 fully saturated rings. The molecule has 0 aliphatic rings. The molecule has 146 valence electrons. The second-order valence-corrected chi connectivity index (χ2v) is 7.17. The summed E-state index contributed by atoms with van der Waals surface area (Å²) in [5, 5.41) is 2.83. The molecule has 1 unspecified atom stereocenters. The minimum atomic E-state index is -0.403. The Kier molecular flexibility index (Phi) is 5.75. The molecule has 1 amide bonds. The molecular formula is C21H25N5O2. The molecule has 28 heavy (non-hydrogen) atoms. The fourth-order valence-electron chi connectivity index (χ4n) is 3.21. The third-order valence-electron chi connectivity index (χ3n) is 4.57. The number of aromatic nitrogens is 3. The van der Waals surface area contributed by atoms with Gasteiger partial charge >= 0.3 is 0 Å². The summed E-state index contributed by atoms with van der Waals surface area (Å²) < 4.78 is 1.61. The first-order valence-corrected chi connectivity index (χ1v) is 9.14. The average molecular weight is 379 g/mol. The highest BCUT2D eigenvalue weighted by molar-refractivity contribution is 6.05. The number of hydrogen-bond acceptors (Lipinski definition) is 4. The van der Waals surface area contributed by atoms with Crippen LogP contribution in [0.25, 0.3) is 11.4 Å². The van der Waals surface area contributed by atoms with Gasteiger partial charge in [-0.3, -0.25) is 9.59 Å². The lowest BCUT2D eigenvalue weighted by Gasteiger charge is -2.20. The first-order valence-electron chi connectivity index (χ1n) is 9.14. The number of carbonyl (C=O) groups excluding carboxylic acids is 1. The lowest BCUT2D eigenvalue weighted by Crippen LogP contribution is -2.34. The summed E-state index contributed by atoms with van der Waals surface area (Å²) in [7, 11) is 3.91. The number of H-pyrrole nitrogens is 1. The predicted molar refractivity (Wildman–Crippen MR) is 111 cm³/mol. The summed E-state index contributed by atoms with van der Waals surface area (Å²) >= 11 is 0. The third kappa shape index (κ3) is 4.20. The van der Waals surface area contributed by atoms with Gasteiger partial charge in [-0.25, -0.2) is 4.98 Å². The minimum Gasteiger partial charge on any atom is -0.345 e. The van der Waals surface area contributed by atoms with Crippen LogP contribution in [0.1, 0.15) is 28.9 Å². The summed E-state index contributed by atoms with van der Waals surface area (Å²) in [6.45, 7) is 4.45. The van der Waals surface area contributed by atoms with Crippen LogP contribution in [0.4, 0.5) is 5.69 Å². The molecule has 2 N–H and O–H groups in total. The topological polar surface area (TPSA) is 83.0 Å². The molecule has 1 atom stereocenters. The molecule has 0 spiro atoms. The van der Waals surface area contributed by atoms with E-state index in [4.69, 9.17) is 0 Å². The molecule has 0 saturated heterocycles. The van der Waals surface area contributed by atoms with Gasteiger partial charge < -0.3 is 19.8 Å². The maximum absolute atomic E-state index is 12.9. The summed E-state index contributed by atoms with van der Waals surface area (Å²) in [5.74, 6) is 0.356. The number of carbonyl (C=O) groups is 1. The van der Waals surface area contributed by atoms with E-state index >= 15 is 0 Å². The molecule has 0 bridgehead atoms. The second kappa shape index (κ2) is 8.22. The molecule has 3 rings (SSSR count). The number of imidazole rings is 1. The van der Waals surface area contributed by atoms with Crippen LogP contribution in [0, 0.1) is 6.92 Å². The molecule has 2 heterocycles. The summed E-state index contributed by atoms with van der Waals surface area (Å²) in [5.41, 5.74) is 2.08. The lowest BCUT2D eigenvalue weighted by atomic mass is 10.1. The van der Waals surface area contributed by atoms with Crippen molar-refractivity contribution in [2.24, 2.45) is 0 Å². The Balaban J connectivity index is 1.83. The molecule has 3 aromatic rings. The standard InChI is InChI=1S/C21H25N5O2/c1-14-9-12-26(15(2)13-25(3)4)21(28)18(14)20(27)24-17-7-5-16(6-8-17)19-22-10-11-23-19/h5-12,15H,13H2,1-4H3,(H,22,23)(H,24,27). The quantitative estimate of drug-likeness (QED) is 0.690. The summed E-state index contributed by atoms with van der Waals surface area (Å²) in [6.07, 6.45) is 5.19. The first kappa shape index (κ1) is 19.6. The van der Waals surface area contributed by atoms with Crippen molar-refractivity contribution in [3.63, 3.8) is 0 Å². The van der Waals surface area contributed by atoms with Gasteiger partial charge in [0.1, 0.15) is 11.4 Å². The van der Waals surface area contributed by atoms with Crippen molar-refractivity contribution in [1.29, 1.82) is 0 Å². The van der Waals surface area contributed by atoms with Gasteiger partial charge in [-0.05, 0) is 63.8 Å². The van der Waals surface area contributed by atoms with E-state index in [1.807, 2.05) is 44.1 Å². The largest absolute Gasteiger partial charge is 0.345 e. The van der Waals surface area contributed by atoms with Gasteiger partial charge in [0, 0.05) is 42.4 Å². The Hall–Kier alpha value is -3.19. The molecule has 1 aromatic carbocycles. The van der Waals surface area contributed by atoms with Gasteiger partial charge in [0.2, 0.25) is 0 Å². The number of amides is 1. The monoisotopic (exact) mass is 379 g/mol. The number of pyridine rings is 1. The van der Waals surface area contributed by atoms with Gasteiger partial charge in [0.15, 0.2) is 0 Å². The van der Waals surface area contributed by atoms with Crippen molar-refractivity contribution in [2.75, 3.05) is 26.0 Å². The highest BCUT2D eigenvalue weighted by atomic mass is 16.2. The Bertz CT molecular complexity index is 1000. The van der Waals surface area contributed by atoms with Crippen molar-refractivity contribution >= 4 is 11.6 Å². The van der Waals surface area contributed by atoms with Crippen molar-refractivity contribution in [3.8, 4) is 11.4 Å². The maximum Gasteiger partial charge on any atom is 0.263 e. The summed E-state index contributed by atoms with van der Waals surface area (Å²) in [4.78, 5) is 35.0. The van der Waals surface area contributed by atoms with Crippen LogP contribution < -0.4 is 10.9 Å². The molecule has 7 heteroatoms. The molecule has 0 aliphatic heterocycles. The van der Waals surface area contributed by atoms with Crippen LogP contribution in [0.5, 0.6) is 0 Å². The van der Waals surface area contributed by atoms with E-state index < -0.39 is 5.91 Å². The third-order valence-corrected chi connectivity index (χ3v) is 4.57. The maximum atomic E-state index is 12.9. The second-order valence-electron chi connectivity index (χ2n) is 7.17. The van der Waals surface area contributed by atoms with E-state index in [2.05, 4.69) is 15.3 Å². The SMILES string of the molecule is Cc1ccn(C(C)CN(C)C)c(=O)c1C(=O)Nc1ccc(-c2ncc[nH]2)cc1. The van der Waals surface area contributed by atoms with E-state index in [1.165, 1.54) is 0 Å². The van der Waals surface area contributed by atoms with Crippen LogP contribution >= 0.6 is 0 Å². The van der Waals surface area contributed by atoms with E-state index in [0.29, 0.717) is 17.8 Å². The highest BCUT2D eigenvalue weighted by Crippen LogP contribution is 2.18. The number of aryl methyl sites for hydroxylation is 1. The zero-order valence-electron chi connectivity index (χ0n) is 16.6. The molecule has 0 saturated carbocycles. The first-order chi connectivity index (χ1) is 13.4. The zero-order valence-corrected chi connectivity index (χ0v) is 16.6.